The number of nitrogens with zero attached hydrogens (tertiary/aromatic N) is 5. The molecule has 5 heterocycles. The fourth-order valence-corrected chi connectivity index (χ4v) is 9.35. The number of aliphatic imine (C=N–C) groups is 1. The third-order valence-corrected chi connectivity index (χ3v) is 12.4. The number of halogens is 1. The highest BCUT2D eigenvalue weighted by Crippen LogP contribution is 2.45. The second-order valence-corrected chi connectivity index (χ2v) is 16.7. The molecule has 0 aromatic carbocycles. The van der Waals surface area contributed by atoms with Gasteiger partial charge in [0.1, 0.15) is 24.9 Å². The summed E-state index contributed by atoms with van der Waals surface area (Å²) in [6, 6.07) is 4.72. The molecular formula is C40H62FN5O9. The van der Waals surface area contributed by atoms with E-state index < -0.39 is 77.2 Å². The molecule has 0 radical (unpaired) electrons. The number of cyclic esters (lactones) is 1. The molecule has 4 aliphatic rings. The summed E-state index contributed by atoms with van der Waals surface area (Å²) in [6.07, 6.45) is -1.50. The summed E-state index contributed by atoms with van der Waals surface area (Å²) in [6.45, 7) is 14.1. The molecule has 0 aliphatic carbocycles. The summed E-state index contributed by atoms with van der Waals surface area (Å²) in [5.41, 5.74) is -4.17. The molecule has 1 N–H and O–H groups in total. The van der Waals surface area contributed by atoms with Crippen LogP contribution < -0.4 is 0 Å². The zero-order valence-corrected chi connectivity index (χ0v) is 34.4. The van der Waals surface area contributed by atoms with Crippen molar-refractivity contribution in [1.82, 2.24) is 19.9 Å². The molecule has 5 rings (SSSR count). The number of methoxy groups -OCH3 is 1. The number of alkyl halides is 1. The van der Waals surface area contributed by atoms with Crippen molar-refractivity contribution < 1.29 is 47.6 Å². The number of esters is 1. The monoisotopic (exact) mass is 775 g/mol. The van der Waals surface area contributed by atoms with Crippen LogP contribution in [-0.2, 0) is 39.7 Å². The molecule has 1 amide bonds. The van der Waals surface area contributed by atoms with Gasteiger partial charge in [0.15, 0.2) is 17.7 Å². The SMILES string of the molecule is CC[C@@H]1OC(=O)C(C)(F)C(=O)[C@H](C)[C@@H](O[C@@H]2O[C@H](C)C[C@H](N(C)C)[C@H]2O)[C@@](C)(OC)C[C@@H](C)C2=NCN(CCCc3ccccn3)N3C(=O)O[C@@]1(C)[C@H]3[C@@H]2C. The first kappa shape index (κ1) is 43.1. The van der Waals surface area contributed by atoms with Gasteiger partial charge in [-0.15, -0.1) is 0 Å². The third-order valence-electron chi connectivity index (χ3n) is 12.4. The van der Waals surface area contributed by atoms with E-state index in [2.05, 4.69) is 4.98 Å². The number of amides is 1. The van der Waals surface area contributed by atoms with Gasteiger partial charge in [0.25, 0.3) is 5.67 Å². The van der Waals surface area contributed by atoms with Crippen LogP contribution in [0, 0.1) is 17.8 Å². The van der Waals surface area contributed by atoms with Gasteiger partial charge in [-0.05, 0) is 91.9 Å². The largest absolute Gasteiger partial charge is 0.455 e. The van der Waals surface area contributed by atoms with Crippen molar-refractivity contribution in [3.05, 3.63) is 30.1 Å². The van der Waals surface area contributed by atoms with Crippen molar-refractivity contribution in [2.75, 3.05) is 34.4 Å². The van der Waals surface area contributed by atoms with Crippen LogP contribution >= 0.6 is 0 Å². The Balaban J connectivity index is 1.59. The number of ketones is 1. The average Bonchev–Trinajstić information content (AvgIpc) is 3.31. The van der Waals surface area contributed by atoms with Crippen LogP contribution in [0.25, 0.3) is 0 Å². The second kappa shape index (κ2) is 16.8. The van der Waals surface area contributed by atoms with E-state index in [0.717, 1.165) is 18.3 Å². The molecule has 2 bridgehead atoms. The number of aromatic nitrogens is 1. The summed E-state index contributed by atoms with van der Waals surface area (Å²) in [4.78, 5) is 53.7. The summed E-state index contributed by atoms with van der Waals surface area (Å²) in [7, 11) is 5.20. The minimum Gasteiger partial charge on any atom is -0.455 e. The minimum absolute atomic E-state index is 0.150. The van der Waals surface area contributed by atoms with Crippen molar-refractivity contribution in [2.45, 2.75) is 147 Å². The van der Waals surface area contributed by atoms with Crippen molar-refractivity contribution in [3.8, 4) is 0 Å². The van der Waals surface area contributed by atoms with Crippen LogP contribution in [0.3, 0.4) is 0 Å². The molecule has 55 heavy (non-hydrogen) atoms. The number of fused-ring (bicyclic) bond motifs is 1. The van der Waals surface area contributed by atoms with Gasteiger partial charge in [-0.25, -0.2) is 19.0 Å². The predicted octanol–water partition coefficient (Wildman–Crippen LogP) is 4.37. The quantitative estimate of drug-likeness (QED) is 0.280. The first-order chi connectivity index (χ1) is 25.8. The smallest absolute Gasteiger partial charge is 0.425 e. The van der Waals surface area contributed by atoms with Crippen LogP contribution in [0.2, 0.25) is 0 Å². The normalized spacial score (nSPS) is 40.7. The molecule has 308 valence electrons. The molecular weight excluding hydrogens is 713 g/mol. The van der Waals surface area contributed by atoms with Gasteiger partial charge in [-0.2, -0.15) is 5.01 Å². The fraction of sp³-hybridized carbons (Fsp3) is 0.775. The van der Waals surface area contributed by atoms with Gasteiger partial charge in [-0.1, -0.05) is 33.8 Å². The first-order valence-electron chi connectivity index (χ1n) is 19.7. The maximum atomic E-state index is 16.9. The van der Waals surface area contributed by atoms with Crippen LogP contribution in [0.15, 0.2) is 29.4 Å². The van der Waals surface area contributed by atoms with Gasteiger partial charge in [0, 0.05) is 49.1 Å². The number of aliphatic hydroxyl groups excluding tert-OH is 1. The maximum Gasteiger partial charge on any atom is 0.425 e. The number of pyridine rings is 1. The lowest BCUT2D eigenvalue weighted by molar-refractivity contribution is -0.295. The molecule has 13 atom stereocenters. The third kappa shape index (κ3) is 8.33. The minimum atomic E-state index is -3.12. The molecule has 0 spiro atoms. The van der Waals surface area contributed by atoms with Crippen molar-refractivity contribution in [3.63, 3.8) is 0 Å². The van der Waals surface area contributed by atoms with Gasteiger partial charge < -0.3 is 33.7 Å². The number of carbonyl (C=O) groups excluding carboxylic acids is 3. The Bertz CT molecular complexity index is 1570. The Kier molecular flexibility index (Phi) is 13.1. The Morgan fingerprint density at radius 1 is 1.09 bits per heavy atom. The lowest BCUT2D eigenvalue weighted by Crippen LogP contribution is -2.62. The van der Waals surface area contributed by atoms with E-state index in [-0.39, 0.29) is 37.6 Å². The van der Waals surface area contributed by atoms with E-state index >= 15 is 4.39 Å². The lowest BCUT2D eigenvalue weighted by atomic mass is 9.73. The number of hydrogen-bond acceptors (Lipinski definition) is 13. The number of ether oxygens (including phenoxy) is 5. The summed E-state index contributed by atoms with van der Waals surface area (Å²) in [5, 5.41) is 14.9. The number of carbonyl (C=O) groups is 3. The Morgan fingerprint density at radius 3 is 2.42 bits per heavy atom. The highest BCUT2D eigenvalue weighted by atomic mass is 19.1. The van der Waals surface area contributed by atoms with Gasteiger partial charge >= 0.3 is 12.1 Å². The Labute approximate surface area is 325 Å². The number of aryl methyl sites for hydroxylation is 1. The summed E-state index contributed by atoms with van der Waals surface area (Å²) >= 11 is 0. The highest BCUT2D eigenvalue weighted by Gasteiger charge is 2.63. The van der Waals surface area contributed by atoms with E-state index in [1.165, 1.54) is 14.0 Å². The predicted molar refractivity (Wildman–Crippen MR) is 202 cm³/mol. The zero-order valence-electron chi connectivity index (χ0n) is 34.4. The van der Waals surface area contributed by atoms with Crippen LogP contribution in [0.1, 0.15) is 86.8 Å². The molecule has 15 heteroatoms. The molecule has 1 aromatic rings. The lowest BCUT2D eigenvalue weighted by Gasteiger charge is -2.47. The number of hydrazine groups is 1. The van der Waals surface area contributed by atoms with Gasteiger partial charge in [-0.3, -0.25) is 14.8 Å². The molecule has 1 aromatic heterocycles. The van der Waals surface area contributed by atoms with E-state index in [9.17, 15) is 19.5 Å². The topological polar surface area (TPSA) is 153 Å². The van der Waals surface area contributed by atoms with Crippen LogP contribution in [0.4, 0.5) is 9.18 Å². The Hall–Kier alpha value is -3.08. The zero-order chi connectivity index (χ0) is 40.6. The van der Waals surface area contributed by atoms with Crippen molar-refractivity contribution >= 4 is 23.6 Å². The van der Waals surface area contributed by atoms with E-state index in [4.69, 9.17) is 28.7 Å². The first-order valence-corrected chi connectivity index (χ1v) is 19.7. The number of Topliss-reactive ketones (excluding diaryl/α,β-unsaturated/α-hetero) is 1. The summed E-state index contributed by atoms with van der Waals surface area (Å²) in [5.74, 6) is -4.50. The molecule has 1 unspecified atom stereocenters. The van der Waals surface area contributed by atoms with Crippen LogP contribution in [0.5, 0.6) is 0 Å². The fourth-order valence-electron chi connectivity index (χ4n) is 9.35. The standard InChI is InChI=1S/C40H62FN5O9/c1-12-29-40(8)32-25(4)30(43-22-45(46(32)37(50)55-40)19-15-17-27-16-13-14-18-42-27)23(2)21-38(6,51-11)34(26(5)33(48)39(7,41)36(49)53-29)54-35-31(47)28(44(9)10)20-24(3)52-35/h13-14,16,18,23-26,28-29,31-32,34-35,47H,12,15,17,19-22H2,1-11H3/t23-,24-,25-,26+,28+,29+,31-,32-,34-,35+,38+,39?,40-/m1/s1. The molecule has 4 aliphatic heterocycles. The Morgan fingerprint density at radius 2 is 1.80 bits per heavy atom. The van der Waals surface area contributed by atoms with E-state index in [0.29, 0.717) is 25.8 Å². The van der Waals surface area contributed by atoms with Gasteiger partial charge in [0.05, 0.1) is 17.8 Å². The van der Waals surface area contributed by atoms with Crippen LogP contribution in [-0.4, -0.2) is 143 Å². The van der Waals surface area contributed by atoms with Crippen molar-refractivity contribution in [1.29, 1.82) is 0 Å². The molecule has 3 fully saturated rings. The molecule has 0 saturated carbocycles. The number of aliphatic hydroxyl groups is 1. The summed E-state index contributed by atoms with van der Waals surface area (Å²) < 4.78 is 48.0. The van der Waals surface area contributed by atoms with E-state index in [1.807, 2.05) is 63.0 Å². The second-order valence-electron chi connectivity index (χ2n) is 16.7. The molecule has 3 saturated heterocycles. The van der Waals surface area contributed by atoms with E-state index in [1.54, 1.807) is 32.0 Å². The number of hydrogen-bond donors (Lipinski definition) is 1. The maximum absolute atomic E-state index is 16.9. The van der Waals surface area contributed by atoms with Crippen molar-refractivity contribution in [2.24, 2.45) is 22.7 Å². The highest BCUT2D eigenvalue weighted by molar-refractivity contribution is 6.08. The molecule has 14 nitrogen and oxygen atoms in total. The number of likely N-dealkylation sites (N-methyl/N-ethyl adjacent to an activating group) is 1. The average molecular weight is 776 g/mol. The van der Waals surface area contributed by atoms with Gasteiger partial charge in [0.2, 0.25) is 0 Å². The number of rotatable bonds is 9.